The third-order valence-electron chi connectivity index (χ3n) is 2.57. The number of nitrogens with one attached hydrogen (secondary N) is 1. The molecule has 0 radical (unpaired) electrons. The molecular weight excluding hydrogens is 214 g/mol. The van der Waals surface area contributed by atoms with Gasteiger partial charge in [0.05, 0.1) is 17.9 Å². The molecule has 0 aliphatic heterocycles. The van der Waals surface area contributed by atoms with Gasteiger partial charge < -0.3 is 9.88 Å². The number of hydrogen-bond donors (Lipinski definition) is 1. The molecule has 0 spiro atoms. The van der Waals surface area contributed by atoms with Gasteiger partial charge in [0.15, 0.2) is 0 Å². The molecule has 2 aromatic rings. The van der Waals surface area contributed by atoms with Crippen LogP contribution in [-0.2, 0) is 13.6 Å². The van der Waals surface area contributed by atoms with E-state index >= 15 is 0 Å². The number of aromatic nitrogens is 4. The Kier molecular flexibility index (Phi) is 3.17. The Labute approximate surface area is 101 Å². The Morgan fingerprint density at radius 1 is 1.41 bits per heavy atom. The van der Waals surface area contributed by atoms with Crippen molar-refractivity contribution in [3.05, 3.63) is 29.8 Å². The molecule has 0 bridgehead atoms. The van der Waals surface area contributed by atoms with E-state index in [4.69, 9.17) is 0 Å². The van der Waals surface area contributed by atoms with Gasteiger partial charge in [0.25, 0.3) is 0 Å². The van der Waals surface area contributed by atoms with Gasteiger partial charge in [0.2, 0.25) is 5.95 Å². The number of rotatable bonds is 4. The van der Waals surface area contributed by atoms with Gasteiger partial charge in [0, 0.05) is 25.5 Å². The minimum atomic E-state index is 0.377. The molecule has 1 N–H and O–H groups in total. The number of aryl methyl sites for hydroxylation is 2. The molecule has 0 fully saturated rings. The molecule has 0 unspecified atom stereocenters. The molecule has 5 nitrogen and oxygen atoms in total. The second-order valence-electron chi connectivity index (χ2n) is 4.58. The van der Waals surface area contributed by atoms with E-state index in [1.807, 2.05) is 30.9 Å². The van der Waals surface area contributed by atoms with Gasteiger partial charge in [-0.15, -0.1) is 0 Å². The zero-order valence-corrected chi connectivity index (χ0v) is 10.8. The molecule has 0 amide bonds. The van der Waals surface area contributed by atoms with E-state index in [-0.39, 0.29) is 0 Å². The highest BCUT2D eigenvalue weighted by Gasteiger charge is 2.08. The first-order valence-corrected chi connectivity index (χ1v) is 5.83. The average Bonchev–Trinajstić information content (AvgIpc) is 2.75. The Morgan fingerprint density at radius 3 is 2.76 bits per heavy atom. The van der Waals surface area contributed by atoms with Crippen LogP contribution >= 0.6 is 0 Å². The highest BCUT2D eigenvalue weighted by atomic mass is 15.3. The monoisotopic (exact) mass is 233 g/mol. The van der Waals surface area contributed by atoms with E-state index in [0.717, 1.165) is 23.9 Å². The predicted octanol–water partition coefficient (Wildman–Crippen LogP) is 1.79. The minimum Gasteiger partial charge on any atom is -0.353 e. The smallest absolute Gasteiger partial charge is 0.203 e. The Morgan fingerprint density at radius 2 is 2.18 bits per heavy atom. The van der Waals surface area contributed by atoms with Crippen LogP contribution in [0, 0.1) is 6.92 Å². The first-order valence-electron chi connectivity index (χ1n) is 5.83. The van der Waals surface area contributed by atoms with Crippen LogP contribution in [0.4, 0.5) is 5.95 Å². The van der Waals surface area contributed by atoms with Crippen molar-refractivity contribution >= 4 is 5.95 Å². The molecule has 0 saturated carbocycles. The Hall–Kier alpha value is -1.78. The summed E-state index contributed by atoms with van der Waals surface area (Å²) in [6.45, 7) is 7.01. The summed E-state index contributed by atoms with van der Waals surface area (Å²) in [6.07, 6.45) is 3.87. The lowest BCUT2D eigenvalue weighted by atomic mass is 10.4. The van der Waals surface area contributed by atoms with Crippen LogP contribution in [0.1, 0.15) is 25.2 Å². The first-order chi connectivity index (χ1) is 8.06. The van der Waals surface area contributed by atoms with Crippen LogP contribution in [0.15, 0.2) is 18.5 Å². The summed E-state index contributed by atoms with van der Waals surface area (Å²) in [6, 6.07) is 2.40. The van der Waals surface area contributed by atoms with E-state index in [1.165, 1.54) is 0 Å². The zero-order chi connectivity index (χ0) is 12.4. The normalized spacial score (nSPS) is 11.1. The number of imidazole rings is 1. The van der Waals surface area contributed by atoms with Crippen LogP contribution in [-0.4, -0.2) is 25.4 Å². The Balaban J connectivity index is 2.23. The van der Waals surface area contributed by atoms with Crippen molar-refractivity contribution in [1.82, 2.24) is 19.3 Å². The maximum atomic E-state index is 4.48. The lowest BCUT2D eigenvalue weighted by Crippen LogP contribution is -2.15. The second-order valence-corrected chi connectivity index (χ2v) is 4.58. The van der Waals surface area contributed by atoms with Crippen molar-refractivity contribution in [2.45, 2.75) is 33.4 Å². The van der Waals surface area contributed by atoms with Gasteiger partial charge in [-0.3, -0.25) is 4.68 Å². The van der Waals surface area contributed by atoms with Crippen molar-refractivity contribution < 1.29 is 0 Å². The quantitative estimate of drug-likeness (QED) is 0.876. The fourth-order valence-corrected chi connectivity index (χ4v) is 1.77. The highest BCUT2D eigenvalue weighted by Crippen LogP contribution is 2.12. The lowest BCUT2D eigenvalue weighted by Gasteiger charge is -2.12. The van der Waals surface area contributed by atoms with Crippen molar-refractivity contribution in [2.24, 2.45) is 7.05 Å². The molecule has 0 aliphatic rings. The van der Waals surface area contributed by atoms with Crippen LogP contribution in [0.5, 0.6) is 0 Å². The van der Waals surface area contributed by atoms with Crippen LogP contribution in [0.2, 0.25) is 0 Å². The molecule has 0 atom stereocenters. The summed E-state index contributed by atoms with van der Waals surface area (Å²) in [5.41, 5.74) is 2.18. The molecule has 0 aliphatic carbocycles. The van der Waals surface area contributed by atoms with Gasteiger partial charge in [-0.2, -0.15) is 5.10 Å². The van der Waals surface area contributed by atoms with Gasteiger partial charge in [-0.1, -0.05) is 0 Å². The topological polar surface area (TPSA) is 47.7 Å². The van der Waals surface area contributed by atoms with Gasteiger partial charge in [-0.05, 0) is 26.8 Å². The molecule has 17 heavy (non-hydrogen) atoms. The summed E-state index contributed by atoms with van der Waals surface area (Å²) in [7, 11) is 1.95. The van der Waals surface area contributed by atoms with E-state index in [1.54, 1.807) is 0 Å². The van der Waals surface area contributed by atoms with Crippen LogP contribution in [0.3, 0.4) is 0 Å². The van der Waals surface area contributed by atoms with E-state index < -0.39 is 0 Å². The average molecular weight is 233 g/mol. The third kappa shape index (κ3) is 2.67. The lowest BCUT2D eigenvalue weighted by molar-refractivity contribution is 0.665. The molecule has 2 rings (SSSR count). The third-order valence-corrected chi connectivity index (χ3v) is 2.57. The SMILES string of the molecule is Cc1cn(Cc2ccnn2C)c(NC(C)C)n1. The Bertz CT molecular complexity index is 495. The van der Waals surface area contributed by atoms with Crippen LogP contribution in [0.25, 0.3) is 0 Å². The van der Waals surface area contributed by atoms with Crippen molar-refractivity contribution in [2.75, 3.05) is 5.32 Å². The summed E-state index contributed by atoms with van der Waals surface area (Å²) >= 11 is 0. The van der Waals surface area contributed by atoms with E-state index in [9.17, 15) is 0 Å². The molecule has 92 valence electrons. The molecule has 5 heteroatoms. The largest absolute Gasteiger partial charge is 0.353 e. The fourth-order valence-electron chi connectivity index (χ4n) is 1.77. The van der Waals surface area contributed by atoms with Crippen molar-refractivity contribution in [3.63, 3.8) is 0 Å². The van der Waals surface area contributed by atoms with Gasteiger partial charge >= 0.3 is 0 Å². The standard InChI is InChI=1S/C12H19N5/c1-9(2)14-12-15-10(3)7-17(12)8-11-5-6-13-16(11)4/h5-7,9H,8H2,1-4H3,(H,14,15). The number of nitrogens with zero attached hydrogens (tertiary/aromatic N) is 4. The first kappa shape index (κ1) is 11.7. The summed E-state index contributed by atoms with van der Waals surface area (Å²) in [5, 5.41) is 7.52. The van der Waals surface area contributed by atoms with Crippen molar-refractivity contribution in [3.8, 4) is 0 Å². The highest BCUT2D eigenvalue weighted by molar-refractivity contribution is 5.30. The molecular formula is C12H19N5. The fraction of sp³-hybridized carbons (Fsp3) is 0.500. The summed E-state index contributed by atoms with van der Waals surface area (Å²) in [4.78, 5) is 4.48. The van der Waals surface area contributed by atoms with Gasteiger partial charge in [0.1, 0.15) is 0 Å². The van der Waals surface area contributed by atoms with Gasteiger partial charge in [-0.25, -0.2) is 4.98 Å². The maximum absolute atomic E-state index is 4.48. The van der Waals surface area contributed by atoms with Crippen molar-refractivity contribution in [1.29, 1.82) is 0 Å². The summed E-state index contributed by atoms with van der Waals surface area (Å²) < 4.78 is 4.00. The van der Waals surface area contributed by atoms with E-state index in [0.29, 0.717) is 6.04 Å². The molecule has 2 aromatic heterocycles. The summed E-state index contributed by atoms with van der Waals surface area (Å²) in [5.74, 6) is 0.915. The van der Waals surface area contributed by atoms with Crippen LogP contribution < -0.4 is 5.32 Å². The predicted molar refractivity (Wildman–Crippen MR) is 68.0 cm³/mol. The number of anilines is 1. The number of hydrogen-bond acceptors (Lipinski definition) is 3. The zero-order valence-electron chi connectivity index (χ0n) is 10.8. The molecule has 0 aromatic carbocycles. The maximum Gasteiger partial charge on any atom is 0.203 e. The second kappa shape index (κ2) is 4.61. The minimum absolute atomic E-state index is 0.377. The molecule has 2 heterocycles. The molecule has 0 saturated heterocycles. The van der Waals surface area contributed by atoms with E-state index in [2.05, 4.69) is 40.0 Å².